The zero-order valence-corrected chi connectivity index (χ0v) is 12.7. The van der Waals surface area contributed by atoms with E-state index in [-0.39, 0.29) is 5.82 Å². The summed E-state index contributed by atoms with van der Waals surface area (Å²) in [4.78, 5) is 2.59. The average molecular weight is 278 g/mol. The summed E-state index contributed by atoms with van der Waals surface area (Å²) in [7, 11) is 0. The molecule has 2 rings (SSSR count). The van der Waals surface area contributed by atoms with Gasteiger partial charge < -0.3 is 10.2 Å². The molecular weight excluding hydrogens is 251 g/mol. The Morgan fingerprint density at radius 1 is 1.30 bits per heavy atom. The van der Waals surface area contributed by atoms with E-state index in [0.717, 1.165) is 19.5 Å². The Balaban J connectivity index is 1.93. The van der Waals surface area contributed by atoms with E-state index in [9.17, 15) is 4.39 Å². The Morgan fingerprint density at radius 3 is 2.70 bits per heavy atom. The molecule has 1 fully saturated rings. The largest absolute Gasteiger partial charge is 0.310 e. The summed E-state index contributed by atoms with van der Waals surface area (Å²) in [6, 6.07) is 7.96. The lowest BCUT2D eigenvalue weighted by Crippen LogP contribution is -2.39. The highest BCUT2D eigenvalue weighted by atomic mass is 19.1. The average Bonchev–Trinajstić information content (AvgIpc) is 2.46. The Bertz CT molecular complexity index is 390. The first-order valence-electron chi connectivity index (χ1n) is 7.93. The summed E-state index contributed by atoms with van der Waals surface area (Å²) >= 11 is 0. The van der Waals surface area contributed by atoms with Gasteiger partial charge in [0.15, 0.2) is 0 Å². The second-order valence-corrected chi connectivity index (χ2v) is 5.83. The number of rotatable bonds is 6. The molecule has 2 unspecified atom stereocenters. The number of nitrogens with zero attached hydrogens (tertiary/aromatic N) is 1. The van der Waals surface area contributed by atoms with E-state index in [1.165, 1.54) is 31.4 Å². The standard InChI is InChI=1S/C17H27FN2/c1-3-19-17(15-7-9-16(18)10-8-15)11-13-20-12-5-4-6-14(20)2/h7-10,14,17,19H,3-6,11-13H2,1-2H3. The minimum Gasteiger partial charge on any atom is -0.310 e. The van der Waals surface area contributed by atoms with Crippen LogP contribution < -0.4 is 5.32 Å². The lowest BCUT2D eigenvalue weighted by Gasteiger charge is -2.34. The third-order valence-corrected chi connectivity index (χ3v) is 4.37. The van der Waals surface area contributed by atoms with E-state index < -0.39 is 0 Å². The van der Waals surface area contributed by atoms with Gasteiger partial charge in [-0.25, -0.2) is 4.39 Å². The van der Waals surface area contributed by atoms with Crippen LogP contribution in [-0.4, -0.2) is 30.6 Å². The van der Waals surface area contributed by atoms with Crippen molar-refractivity contribution in [2.75, 3.05) is 19.6 Å². The van der Waals surface area contributed by atoms with Crippen LogP contribution in [0.15, 0.2) is 24.3 Å². The molecule has 1 heterocycles. The number of halogens is 1. The quantitative estimate of drug-likeness (QED) is 0.852. The fourth-order valence-electron chi connectivity index (χ4n) is 3.11. The Morgan fingerprint density at radius 2 is 2.05 bits per heavy atom. The van der Waals surface area contributed by atoms with Crippen molar-refractivity contribution in [3.8, 4) is 0 Å². The van der Waals surface area contributed by atoms with Crippen molar-refractivity contribution in [1.82, 2.24) is 10.2 Å². The Kier molecular flexibility index (Phi) is 5.99. The molecule has 1 saturated heterocycles. The molecule has 112 valence electrons. The Labute approximate surface area is 122 Å². The lowest BCUT2D eigenvalue weighted by molar-refractivity contribution is 0.153. The van der Waals surface area contributed by atoms with Gasteiger partial charge in [0.05, 0.1) is 0 Å². The molecule has 0 bridgehead atoms. The first-order chi connectivity index (χ1) is 9.70. The van der Waals surface area contributed by atoms with Gasteiger partial charge in [0.2, 0.25) is 0 Å². The van der Waals surface area contributed by atoms with Gasteiger partial charge in [0, 0.05) is 18.6 Å². The highest BCUT2D eigenvalue weighted by molar-refractivity contribution is 5.20. The molecule has 0 saturated carbocycles. The molecule has 1 aromatic carbocycles. The van der Waals surface area contributed by atoms with Crippen molar-refractivity contribution in [1.29, 1.82) is 0 Å². The topological polar surface area (TPSA) is 15.3 Å². The molecule has 1 aliphatic heterocycles. The monoisotopic (exact) mass is 278 g/mol. The summed E-state index contributed by atoms with van der Waals surface area (Å²) in [5.74, 6) is -0.159. The first-order valence-corrected chi connectivity index (χ1v) is 7.93. The van der Waals surface area contributed by atoms with Gasteiger partial charge in [0.25, 0.3) is 0 Å². The molecule has 0 aliphatic carbocycles. The van der Waals surface area contributed by atoms with E-state index in [0.29, 0.717) is 12.1 Å². The number of piperidine rings is 1. The molecule has 0 radical (unpaired) electrons. The van der Waals surface area contributed by atoms with Crippen molar-refractivity contribution in [3.63, 3.8) is 0 Å². The van der Waals surface area contributed by atoms with Crippen LogP contribution in [0.1, 0.15) is 51.1 Å². The molecule has 1 aromatic rings. The van der Waals surface area contributed by atoms with Crippen molar-refractivity contribution in [2.24, 2.45) is 0 Å². The molecule has 2 atom stereocenters. The lowest BCUT2D eigenvalue weighted by atomic mass is 10.00. The predicted octanol–water partition coefficient (Wildman–Crippen LogP) is 3.74. The van der Waals surface area contributed by atoms with Crippen LogP contribution in [0.2, 0.25) is 0 Å². The van der Waals surface area contributed by atoms with Crippen molar-refractivity contribution in [2.45, 2.75) is 51.6 Å². The second-order valence-electron chi connectivity index (χ2n) is 5.83. The molecule has 1 aliphatic rings. The highest BCUT2D eigenvalue weighted by Crippen LogP contribution is 2.21. The van der Waals surface area contributed by atoms with Crippen molar-refractivity contribution < 1.29 is 4.39 Å². The van der Waals surface area contributed by atoms with Crippen molar-refractivity contribution >= 4 is 0 Å². The fraction of sp³-hybridized carbons (Fsp3) is 0.647. The molecule has 3 heteroatoms. The molecule has 20 heavy (non-hydrogen) atoms. The SMILES string of the molecule is CCNC(CCN1CCCCC1C)c1ccc(F)cc1. The first kappa shape index (κ1) is 15.5. The van der Waals surface area contributed by atoms with Crippen LogP contribution in [0.5, 0.6) is 0 Å². The predicted molar refractivity (Wildman–Crippen MR) is 82.3 cm³/mol. The fourth-order valence-corrected chi connectivity index (χ4v) is 3.11. The van der Waals surface area contributed by atoms with E-state index in [1.54, 1.807) is 12.1 Å². The van der Waals surface area contributed by atoms with Gasteiger partial charge >= 0.3 is 0 Å². The number of likely N-dealkylation sites (tertiary alicyclic amines) is 1. The summed E-state index contributed by atoms with van der Waals surface area (Å²) in [5, 5.41) is 3.52. The molecule has 0 amide bonds. The number of benzene rings is 1. The third kappa shape index (κ3) is 4.29. The number of hydrogen-bond donors (Lipinski definition) is 1. The van der Waals surface area contributed by atoms with Crippen LogP contribution in [-0.2, 0) is 0 Å². The molecule has 0 aromatic heterocycles. The summed E-state index contributed by atoms with van der Waals surface area (Å²) in [6.45, 7) is 7.75. The smallest absolute Gasteiger partial charge is 0.123 e. The van der Waals surface area contributed by atoms with Crippen LogP contribution >= 0.6 is 0 Å². The zero-order chi connectivity index (χ0) is 14.4. The summed E-state index contributed by atoms with van der Waals surface area (Å²) in [5.41, 5.74) is 1.19. The maximum absolute atomic E-state index is 13.0. The van der Waals surface area contributed by atoms with E-state index in [2.05, 4.69) is 24.1 Å². The highest BCUT2D eigenvalue weighted by Gasteiger charge is 2.19. The molecular formula is C17H27FN2. The van der Waals surface area contributed by atoms with Gasteiger partial charge in [-0.3, -0.25) is 0 Å². The molecule has 1 N–H and O–H groups in total. The van der Waals surface area contributed by atoms with Crippen LogP contribution in [0.25, 0.3) is 0 Å². The summed E-state index contributed by atoms with van der Waals surface area (Å²) < 4.78 is 13.0. The summed E-state index contributed by atoms with van der Waals surface area (Å²) in [6.07, 6.45) is 5.10. The van der Waals surface area contributed by atoms with E-state index in [4.69, 9.17) is 0 Å². The maximum Gasteiger partial charge on any atom is 0.123 e. The van der Waals surface area contributed by atoms with Crippen LogP contribution in [0.4, 0.5) is 4.39 Å². The van der Waals surface area contributed by atoms with Gasteiger partial charge in [-0.1, -0.05) is 25.5 Å². The van der Waals surface area contributed by atoms with Gasteiger partial charge in [-0.15, -0.1) is 0 Å². The van der Waals surface area contributed by atoms with E-state index >= 15 is 0 Å². The molecule has 2 nitrogen and oxygen atoms in total. The zero-order valence-electron chi connectivity index (χ0n) is 12.7. The molecule has 0 spiro atoms. The minimum atomic E-state index is -0.159. The second kappa shape index (κ2) is 7.75. The minimum absolute atomic E-state index is 0.159. The van der Waals surface area contributed by atoms with Gasteiger partial charge in [0.1, 0.15) is 5.82 Å². The van der Waals surface area contributed by atoms with Gasteiger partial charge in [-0.05, 0) is 57.0 Å². The maximum atomic E-state index is 13.0. The van der Waals surface area contributed by atoms with E-state index in [1.807, 2.05) is 12.1 Å². The Hall–Kier alpha value is -0.930. The van der Waals surface area contributed by atoms with Crippen LogP contribution in [0.3, 0.4) is 0 Å². The van der Waals surface area contributed by atoms with Crippen LogP contribution in [0, 0.1) is 5.82 Å². The number of hydrogen-bond acceptors (Lipinski definition) is 2. The normalized spacial score (nSPS) is 21.9. The van der Waals surface area contributed by atoms with Crippen molar-refractivity contribution in [3.05, 3.63) is 35.6 Å². The number of nitrogens with one attached hydrogen (secondary N) is 1. The van der Waals surface area contributed by atoms with Gasteiger partial charge in [-0.2, -0.15) is 0 Å². The third-order valence-electron chi connectivity index (χ3n) is 4.37.